The van der Waals surface area contributed by atoms with Gasteiger partial charge in [0.1, 0.15) is 0 Å². The summed E-state index contributed by atoms with van der Waals surface area (Å²) in [4.78, 5) is 33.3. The van der Waals surface area contributed by atoms with Crippen molar-refractivity contribution in [2.24, 2.45) is 0 Å². The molecule has 1 aromatic rings. The van der Waals surface area contributed by atoms with Gasteiger partial charge in [0.2, 0.25) is 5.91 Å². The zero-order valence-corrected chi connectivity index (χ0v) is 17.2. The Morgan fingerprint density at radius 1 is 1.46 bits per heavy atom. The molecule has 0 radical (unpaired) electrons. The van der Waals surface area contributed by atoms with Crippen molar-refractivity contribution < 1.29 is 13.2 Å². The van der Waals surface area contributed by atoms with Crippen molar-refractivity contribution >= 4 is 27.5 Å². The quantitative estimate of drug-likeness (QED) is 0.525. The number of rotatable bonds is 8. The molecule has 9 heteroatoms. The average Bonchev–Trinajstić information content (AvgIpc) is 2.92. The lowest BCUT2D eigenvalue weighted by Gasteiger charge is -2.33. The van der Waals surface area contributed by atoms with Crippen LogP contribution in [0.5, 0.6) is 0 Å². The summed E-state index contributed by atoms with van der Waals surface area (Å²) in [7, 11) is -3.06. The molecule has 1 aliphatic heterocycles. The zero-order valence-electron chi connectivity index (χ0n) is 15.5. The summed E-state index contributed by atoms with van der Waals surface area (Å²) < 4.78 is 23.6. The largest absolute Gasteiger partial charge is 0.335 e. The van der Waals surface area contributed by atoms with Crippen LogP contribution in [0, 0.1) is 0 Å². The Morgan fingerprint density at radius 2 is 2.19 bits per heavy atom. The van der Waals surface area contributed by atoms with Gasteiger partial charge in [-0.2, -0.15) is 0 Å². The fraction of sp³-hybridized carbons (Fsp3) is 0.706. The SMILES string of the molecule is CCCc1cc(=O)[nH]c(SCC(=O)N([C@@H]2CCS(=O)(=O)C2)[C@H](C)CC)n1. The molecule has 1 amide bonds. The molecule has 0 spiro atoms. The molecule has 0 bridgehead atoms. The van der Waals surface area contributed by atoms with Crippen LogP contribution in [0.3, 0.4) is 0 Å². The second-order valence-corrected chi connectivity index (χ2v) is 9.89. The Kier molecular flexibility index (Phi) is 7.28. The van der Waals surface area contributed by atoms with E-state index in [2.05, 4.69) is 9.97 Å². The number of nitrogens with zero attached hydrogens (tertiary/aromatic N) is 2. The number of thioether (sulfide) groups is 1. The smallest absolute Gasteiger partial charge is 0.251 e. The van der Waals surface area contributed by atoms with Crippen molar-refractivity contribution in [2.45, 2.75) is 63.7 Å². The van der Waals surface area contributed by atoms with Crippen LogP contribution < -0.4 is 5.56 Å². The van der Waals surface area contributed by atoms with Crippen molar-refractivity contribution in [1.29, 1.82) is 0 Å². The Labute approximate surface area is 158 Å². The van der Waals surface area contributed by atoms with Gasteiger partial charge in [0.05, 0.1) is 17.3 Å². The molecule has 0 saturated carbocycles. The van der Waals surface area contributed by atoms with Crippen LogP contribution in [0.25, 0.3) is 0 Å². The molecule has 0 aliphatic carbocycles. The van der Waals surface area contributed by atoms with Crippen LogP contribution in [0.1, 0.15) is 45.7 Å². The average molecular weight is 402 g/mol. The number of hydrogen-bond donors (Lipinski definition) is 1. The van der Waals surface area contributed by atoms with Crippen molar-refractivity contribution in [3.05, 3.63) is 22.1 Å². The van der Waals surface area contributed by atoms with E-state index in [0.717, 1.165) is 12.8 Å². The number of hydrogen-bond acceptors (Lipinski definition) is 6. The first-order chi connectivity index (χ1) is 12.3. The highest BCUT2D eigenvalue weighted by molar-refractivity contribution is 7.99. The van der Waals surface area contributed by atoms with E-state index in [1.807, 2.05) is 20.8 Å². The van der Waals surface area contributed by atoms with E-state index >= 15 is 0 Å². The lowest BCUT2D eigenvalue weighted by Crippen LogP contribution is -2.47. The molecule has 146 valence electrons. The number of aromatic nitrogens is 2. The van der Waals surface area contributed by atoms with Crippen LogP contribution in [0.2, 0.25) is 0 Å². The normalized spacial score (nSPS) is 20.0. The monoisotopic (exact) mass is 401 g/mol. The summed E-state index contributed by atoms with van der Waals surface area (Å²) >= 11 is 1.19. The van der Waals surface area contributed by atoms with Crippen molar-refractivity contribution in [2.75, 3.05) is 17.3 Å². The van der Waals surface area contributed by atoms with Crippen LogP contribution in [0.4, 0.5) is 0 Å². The molecule has 1 N–H and O–H groups in total. The molecule has 26 heavy (non-hydrogen) atoms. The number of nitrogens with one attached hydrogen (secondary N) is 1. The summed E-state index contributed by atoms with van der Waals surface area (Å²) in [6.45, 7) is 5.93. The van der Waals surface area contributed by atoms with Crippen LogP contribution in [-0.2, 0) is 21.1 Å². The Hall–Kier alpha value is -1.35. The molecule has 1 aromatic heterocycles. The fourth-order valence-electron chi connectivity index (χ4n) is 3.14. The number of carbonyl (C=O) groups is 1. The zero-order chi connectivity index (χ0) is 19.3. The summed E-state index contributed by atoms with van der Waals surface area (Å²) in [5.74, 6) is 0.183. The third-order valence-corrected chi connectivity index (χ3v) is 7.18. The van der Waals surface area contributed by atoms with Gasteiger partial charge in [-0.15, -0.1) is 0 Å². The van der Waals surface area contributed by atoms with Gasteiger partial charge in [-0.3, -0.25) is 9.59 Å². The van der Waals surface area contributed by atoms with Gasteiger partial charge in [0.25, 0.3) is 5.56 Å². The summed E-state index contributed by atoms with van der Waals surface area (Å²) in [5.41, 5.74) is 0.492. The topological polar surface area (TPSA) is 100 Å². The Balaban J connectivity index is 2.09. The summed E-state index contributed by atoms with van der Waals surface area (Å²) in [6.07, 6.45) is 2.85. The summed E-state index contributed by atoms with van der Waals surface area (Å²) in [5, 5.41) is 0.428. The maximum atomic E-state index is 12.8. The Morgan fingerprint density at radius 3 is 2.77 bits per heavy atom. The molecule has 2 rings (SSSR count). The number of carbonyl (C=O) groups excluding carboxylic acids is 1. The molecule has 1 fully saturated rings. The van der Waals surface area contributed by atoms with E-state index in [4.69, 9.17) is 0 Å². The van der Waals surface area contributed by atoms with E-state index in [1.165, 1.54) is 17.8 Å². The van der Waals surface area contributed by atoms with Gasteiger partial charge in [-0.1, -0.05) is 32.0 Å². The first kappa shape index (κ1) is 21.0. The maximum Gasteiger partial charge on any atom is 0.251 e. The van der Waals surface area contributed by atoms with E-state index in [9.17, 15) is 18.0 Å². The van der Waals surface area contributed by atoms with Gasteiger partial charge < -0.3 is 9.88 Å². The van der Waals surface area contributed by atoms with Crippen LogP contribution in [0.15, 0.2) is 16.0 Å². The number of amides is 1. The first-order valence-corrected chi connectivity index (χ1v) is 11.8. The second kappa shape index (κ2) is 9.03. The third kappa shape index (κ3) is 5.57. The standard InChI is InChI=1S/C17H27N3O4S2/c1-4-6-13-9-15(21)19-17(18-13)25-10-16(22)20(12(3)5-2)14-7-8-26(23,24)11-14/h9,12,14H,4-8,10-11H2,1-3H3,(H,18,19,21)/t12-,14-/m1/s1. The number of aromatic amines is 1. The van der Waals surface area contributed by atoms with Crippen molar-refractivity contribution in [1.82, 2.24) is 14.9 Å². The molecule has 2 atom stereocenters. The number of sulfone groups is 1. The van der Waals surface area contributed by atoms with E-state index in [-0.39, 0.29) is 40.8 Å². The predicted molar refractivity (Wildman–Crippen MR) is 103 cm³/mol. The highest BCUT2D eigenvalue weighted by Crippen LogP contribution is 2.23. The van der Waals surface area contributed by atoms with Crippen molar-refractivity contribution in [3.63, 3.8) is 0 Å². The molecule has 1 saturated heterocycles. The predicted octanol–water partition coefficient (Wildman–Crippen LogP) is 1.63. The molecule has 2 heterocycles. The third-order valence-electron chi connectivity index (χ3n) is 4.57. The van der Waals surface area contributed by atoms with E-state index < -0.39 is 9.84 Å². The highest BCUT2D eigenvalue weighted by atomic mass is 32.2. The second-order valence-electron chi connectivity index (χ2n) is 6.70. The number of H-pyrrole nitrogens is 1. The van der Waals surface area contributed by atoms with E-state index in [1.54, 1.807) is 4.90 Å². The molecule has 1 aliphatic rings. The summed E-state index contributed by atoms with van der Waals surface area (Å²) in [6, 6.07) is 1.19. The van der Waals surface area contributed by atoms with Crippen molar-refractivity contribution in [3.8, 4) is 0 Å². The number of aryl methyl sites for hydroxylation is 1. The van der Waals surface area contributed by atoms with Gasteiger partial charge in [-0.05, 0) is 26.2 Å². The van der Waals surface area contributed by atoms with Gasteiger partial charge >= 0.3 is 0 Å². The minimum Gasteiger partial charge on any atom is -0.335 e. The molecule has 0 aromatic carbocycles. The minimum absolute atomic E-state index is 0.0279. The van der Waals surface area contributed by atoms with Crippen LogP contribution in [-0.4, -0.2) is 58.5 Å². The van der Waals surface area contributed by atoms with Gasteiger partial charge in [0.15, 0.2) is 15.0 Å². The van der Waals surface area contributed by atoms with Gasteiger partial charge in [0, 0.05) is 23.8 Å². The first-order valence-electron chi connectivity index (χ1n) is 9.00. The lowest BCUT2D eigenvalue weighted by molar-refractivity contribution is -0.132. The Bertz CT molecular complexity index is 791. The molecular formula is C17H27N3O4S2. The van der Waals surface area contributed by atoms with Gasteiger partial charge in [-0.25, -0.2) is 13.4 Å². The molecule has 0 unspecified atom stereocenters. The van der Waals surface area contributed by atoms with Crippen LogP contribution >= 0.6 is 11.8 Å². The highest BCUT2D eigenvalue weighted by Gasteiger charge is 2.36. The fourth-order valence-corrected chi connectivity index (χ4v) is 5.62. The molecular weight excluding hydrogens is 374 g/mol. The lowest BCUT2D eigenvalue weighted by atomic mass is 10.1. The van der Waals surface area contributed by atoms with E-state index in [0.29, 0.717) is 23.7 Å². The maximum absolute atomic E-state index is 12.8. The molecule has 7 nitrogen and oxygen atoms in total. The minimum atomic E-state index is -3.06.